The van der Waals surface area contributed by atoms with Crippen LogP contribution in [0.3, 0.4) is 0 Å². The van der Waals surface area contributed by atoms with Gasteiger partial charge in [-0.3, -0.25) is 9.59 Å². The van der Waals surface area contributed by atoms with Crippen LogP contribution < -0.4 is 10.1 Å². The van der Waals surface area contributed by atoms with Crippen molar-refractivity contribution in [2.45, 2.75) is 31.1 Å². The highest BCUT2D eigenvalue weighted by Crippen LogP contribution is 2.51. The summed E-state index contributed by atoms with van der Waals surface area (Å²) in [5.74, 6) is 1.28. The van der Waals surface area contributed by atoms with Crippen molar-refractivity contribution in [1.29, 1.82) is 0 Å². The van der Waals surface area contributed by atoms with Gasteiger partial charge in [0.1, 0.15) is 12.0 Å². The van der Waals surface area contributed by atoms with E-state index in [1.165, 1.54) is 12.5 Å². The number of carbonyl (C=O) groups is 2. The minimum Gasteiger partial charge on any atom is -0.496 e. The predicted molar refractivity (Wildman–Crippen MR) is 104 cm³/mol. The second-order valence-electron chi connectivity index (χ2n) is 7.74. The van der Waals surface area contributed by atoms with Crippen LogP contribution in [0.4, 0.5) is 0 Å². The van der Waals surface area contributed by atoms with E-state index < -0.39 is 5.41 Å². The number of methoxy groups -OCH3 is 1. The van der Waals surface area contributed by atoms with Crippen molar-refractivity contribution >= 4 is 11.8 Å². The molecule has 0 unspecified atom stereocenters. The third-order valence-corrected chi connectivity index (χ3v) is 6.03. The lowest BCUT2D eigenvalue weighted by Crippen LogP contribution is -2.43. The number of rotatable bonds is 6. The molecule has 2 fully saturated rings. The Labute approximate surface area is 164 Å². The molecule has 2 aliphatic rings. The molecule has 1 saturated heterocycles. The van der Waals surface area contributed by atoms with Crippen molar-refractivity contribution in [3.05, 3.63) is 54.0 Å². The lowest BCUT2D eigenvalue weighted by atomic mass is 9.92. The summed E-state index contributed by atoms with van der Waals surface area (Å²) in [7, 11) is 1.64. The molecule has 148 valence electrons. The van der Waals surface area contributed by atoms with Crippen LogP contribution in [0.25, 0.3) is 0 Å². The van der Waals surface area contributed by atoms with Gasteiger partial charge in [-0.15, -0.1) is 0 Å². The molecule has 1 aliphatic carbocycles. The van der Waals surface area contributed by atoms with Crippen molar-refractivity contribution in [2.24, 2.45) is 5.92 Å². The van der Waals surface area contributed by atoms with Crippen LogP contribution in [-0.2, 0) is 10.2 Å². The molecular weight excluding hydrogens is 356 g/mol. The molecule has 0 spiro atoms. The van der Waals surface area contributed by atoms with Crippen molar-refractivity contribution in [2.75, 3.05) is 26.7 Å². The molecule has 2 aromatic rings. The minimum atomic E-state index is -0.440. The molecule has 2 amide bonds. The van der Waals surface area contributed by atoms with Gasteiger partial charge >= 0.3 is 0 Å². The second-order valence-corrected chi connectivity index (χ2v) is 7.74. The highest BCUT2D eigenvalue weighted by Gasteiger charge is 2.52. The van der Waals surface area contributed by atoms with Crippen molar-refractivity contribution in [3.8, 4) is 5.75 Å². The maximum atomic E-state index is 12.9. The molecule has 1 aromatic heterocycles. The number of benzene rings is 1. The third kappa shape index (κ3) is 3.51. The molecule has 1 aliphatic heterocycles. The smallest absolute Gasteiger partial charge is 0.257 e. The molecule has 2 heterocycles. The fourth-order valence-electron chi connectivity index (χ4n) is 4.10. The third-order valence-electron chi connectivity index (χ3n) is 6.03. The van der Waals surface area contributed by atoms with Crippen molar-refractivity contribution < 1.29 is 18.7 Å². The Bertz CT molecular complexity index is 834. The summed E-state index contributed by atoms with van der Waals surface area (Å²) in [4.78, 5) is 27.2. The number of amides is 2. The highest BCUT2D eigenvalue weighted by molar-refractivity contribution is 5.94. The molecule has 0 radical (unpaired) electrons. The summed E-state index contributed by atoms with van der Waals surface area (Å²) in [6.45, 7) is 2.08. The van der Waals surface area contributed by atoms with Crippen molar-refractivity contribution in [1.82, 2.24) is 10.2 Å². The molecule has 1 saturated carbocycles. The minimum absolute atomic E-state index is 0.0179. The van der Waals surface area contributed by atoms with Gasteiger partial charge in [-0.05, 0) is 43.7 Å². The molecule has 1 aromatic carbocycles. The first-order chi connectivity index (χ1) is 13.6. The van der Waals surface area contributed by atoms with Gasteiger partial charge in [0.2, 0.25) is 5.91 Å². The summed E-state index contributed by atoms with van der Waals surface area (Å²) in [6, 6.07) is 9.48. The van der Waals surface area contributed by atoms with E-state index in [2.05, 4.69) is 5.32 Å². The fourth-order valence-corrected chi connectivity index (χ4v) is 4.10. The summed E-state index contributed by atoms with van der Waals surface area (Å²) in [6.07, 6.45) is 6.51. The quantitative estimate of drug-likeness (QED) is 0.834. The standard InChI is InChI=1S/C22H26N2O4/c1-27-19-5-3-2-4-18(19)22(9-10-22)21(26)23-14-16-6-11-24(12-7-16)20(25)17-8-13-28-15-17/h2-5,8,13,15-16H,6-7,9-12,14H2,1H3,(H,23,26). The molecule has 6 nitrogen and oxygen atoms in total. The first kappa shape index (κ1) is 18.6. The summed E-state index contributed by atoms with van der Waals surface area (Å²) in [5.41, 5.74) is 1.14. The molecule has 1 N–H and O–H groups in total. The Morgan fingerprint density at radius 3 is 2.61 bits per heavy atom. The van der Waals surface area contributed by atoms with Gasteiger partial charge in [0.15, 0.2) is 0 Å². The van der Waals surface area contributed by atoms with Crippen LogP contribution in [-0.4, -0.2) is 43.5 Å². The average Bonchev–Trinajstić information content (AvgIpc) is 3.37. The first-order valence-electron chi connectivity index (χ1n) is 9.87. The highest BCUT2D eigenvalue weighted by atomic mass is 16.5. The number of likely N-dealkylation sites (tertiary alicyclic amines) is 1. The zero-order chi connectivity index (χ0) is 19.6. The molecule has 0 bridgehead atoms. The zero-order valence-electron chi connectivity index (χ0n) is 16.1. The van der Waals surface area contributed by atoms with Gasteiger partial charge in [0.25, 0.3) is 5.91 Å². The number of hydrogen-bond acceptors (Lipinski definition) is 4. The predicted octanol–water partition coefficient (Wildman–Crippen LogP) is 2.99. The zero-order valence-corrected chi connectivity index (χ0v) is 16.1. The number of para-hydroxylation sites is 1. The van der Waals surface area contributed by atoms with Gasteiger partial charge < -0.3 is 19.4 Å². The monoisotopic (exact) mass is 382 g/mol. The number of hydrogen-bond donors (Lipinski definition) is 1. The van der Waals surface area contributed by atoms with E-state index >= 15 is 0 Å². The number of carbonyl (C=O) groups excluding carboxylic acids is 2. The van der Waals surface area contributed by atoms with Gasteiger partial charge in [0, 0.05) is 25.2 Å². The lowest BCUT2D eigenvalue weighted by molar-refractivity contribution is -0.123. The van der Waals surface area contributed by atoms with E-state index in [0.717, 1.165) is 37.0 Å². The van der Waals surface area contributed by atoms with E-state index in [9.17, 15) is 9.59 Å². The molecule has 28 heavy (non-hydrogen) atoms. The van der Waals surface area contributed by atoms with Crippen molar-refractivity contribution in [3.63, 3.8) is 0 Å². The Morgan fingerprint density at radius 2 is 1.96 bits per heavy atom. The van der Waals surface area contributed by atoms with E-state index in [1.807, 2.05) is 29.2 Å². The summed E-state index contributed by atoms with van der Waals surface area (Å²) >= 11 is 0. The molecular formula is C22H26N2O4. The maximum absolute atomic E-state index is 12.9. The fraction of sp³-hybridized carbons (Fsp3) is 0.455. The number of furan rings is 1. The van der Waals surface area contributed by atoms with Crippen LogP contribution in [0.2, 0.25) is 0 Å². The lowest BCUT2D eigenvalue weighted by Gasteiger charge is -2.32. The average molecular weight is 382 g/mol. The Balaban J connectivity index is 1.30. The number of ether oxygens (including phenoxy) is 1. The van der Waals surface area contributed by atoms with Gasteiger partial charge in [-0.2, -0.15) is 0 Å². The van der Waals surface area contributed by atoms with Crippen LogP contribution in [0.15, 0.2) is 47.3 Å². The van der Waals surface area contributed by atoms with Gasteiger partial charge in [-0.1, -0.05) is 18.2 Å². The van der Waals surface area contributed by atoms with Crippen LogP contribution in [0, 0.1) is 5.92 Å². The van der Waals surface area contributed by atoms with Crippen LogP contribution >= 0.6 is 0 Å². The van der Waals surface area contributed by atoms with E-state index in [4.69, 9.17) is 9.15 Å². The molecule has 4 rings (SSSR count). The van der Waals surface area contributed by atoms with E-state index in [-0.39, 0.29) is 11.8 Å². The van der Waals surface area contributed by atoms with Crippen LogP contribution in [0.1, 0.15) is 41.6 Å². The van der Waals surface area contributed by atoms with E-state index in [1.54, 1.807) is 13.2 Å². The van der Waals surface area contributed by atoms with Crippen LogP contribution in [0.5, 0.6) is 5.75 Å². The molecule has 6 heteroatoms. The number of nitrogens with zero attached hydrogens (tertiary/aromatic N) is 1. The SMILES string of the molecule is COc1ccccc1C1(C(=O)NCC2CCN(C(=O)c3ccoc3)CC2)CC1. The van der Waals surface area contributed by atoms with Gasteiger partial charge in [-0.25, -0.2) is 0 Å². The normalized spacial score (nSPS) is 18.5. The largest absolute Gasteiger partial charge is 0.496 e. The summed E-state index contributed by atoms with van der Waals surface area (Å²) < 4.78 is 10.5. The number of piperidine rings is 1. The Kier molecular flexibility index (Phi) is 5.11. The first-order valence-corrected chi connectivity index (χ1v) is 9.87. The second kappa shape index (κ2) is 7.70. The Morgan fingerprint density at radius 1 is 1.21 bits per heavy atom. The van der Waals surface area contributed by atoms with Gasteiger partial charge in [0.05, 0.1) is 24.4 Å². The summed E-state index contributed by atoms with van der Waals surface area (Å²) in [5, 5.41) is 3.16. The molecule has 0 atom stereocenters. The maximum Gasteiger partial charge on any atom is 0.257 e. The number of nitrogens with one attached hydrogen (secondary N) is 1. The topological polar surface area (TPSA) is 71.8 Å². The van der Waals surface area contributed by atoms with E-state index in [0.29, 0.717) is 31.1 Å². The Hall–Kier alpha value is -2.76.